The Balaban J connectivity index is 1.49. The summed E-state index contributed by atoms with van der Waals surface area (Å²) in [6.07, 6.45) is 13.4. The Morgan fingerprint density at radius 3 is 1.94 bits per heavy atom. The summed E-state index contributed by atoms with van der Waals surface area (Å²) >= 11 is 31.3. The van der Waals surface area contributed by atoms with Crippen LogP contribution in [0.5, 0.6) is 5.75 Å². The summed E-state index contributed by atoms with van der Waals surface area (Å²) in [5, 5.41) is 9.32. The first-order valence-corrected chi connectivity index (χ1v) is 19.8. The first kappa shape index (κ1) is 39.9. The van der Waals surface area contributed by atoms with Gasteiger partial charge in [0.1, 0.15) is 10.6 Å². The van der Waals surface area contributed by atoms with Crippen LogP contribution in [-0.4, -0.2) is 24.1 Å². The summed E-state index contributed by atoms with van der Waals surface area (Å²) in [5.41, 5.74) is -0.274. The highest BCUT2D eigenvalue weighted by molar-refractivity contribution is 7.87. The Bertz CT molecular complexity index is 1910. The number of aromatic nitrogens is 2. The number of hydrogen-bond donors (Lipinski definition) is 3. The van der Waals surface area contributed by atoms with Crippen molar-refractivity contribution in [2.24, 2.45) is 0 Å². The largest absolute Gasteiger partial charge is 0.369 e. The number of halogens is 5. The molecule has 0 saturated carbocycles. The number of unbranched alkanes of at least 4 members (excludes halogenated alkanes) is 10. The highest BCUT2D eigenvalue weighted by Gasteiger charge is 2.27. The number of nitrogens with zero attached hydrogens (tertiary/aromatic N) is 1. The average Bonchev–Trinajstić information content (AvgIpc) is 3.34. The summed E-state index contributed by atoms with van der Waals surface area (Å²) < 4.78 is 32.8. The number of aromatic amines is 1. The molecule has 3 aromatic carbocycles. The molecule has 0 saturated heterocycles. The second kappa shape index (κ2) is 19.1. The van der Waals surface area contributed by atoms with E-state index in [1.807, 2.05) is 0 Å². The number of nitrogens with one attached hydrogen (secondary N) is 3. The summed E-state index contributed by atoms with van der Waals surface area (Å²) in [5.74, 6) is -0.983. The summed E-state index contributed by atoms with van der Waals surface area (Å²) in [6.45, 7) is 2.22. The van der Waals surface area contributed by atoms with Gasteiger partial charge in [-0.05, 0) is 61.0 Å². The molecule has 0 spiro atoms. The third-order valence-corrected chi connectivity index (χ3v) is 10.5. The van der Waals surface area contributed by atoms with Crippen molar-refractivity contribution < 1.29 is 17.4 Å². The van der Waals surface area contributed by atoms with Crippen LogP contribution in [0.4, 0.5) is 17.2 Å². The first-order valence-electron chi connectivity index (χ1n) is 16.5. The van der Waals surface area contributed by atoms with Crippen molar-refractivity contribution in [2.45, 2.75) is 88.9 Å². The average molecular weight is 805 g/mol. The predicted octanol–water partition coefficient (Wildman–Crippen LogP) is 11.6. The molecule has 0 unspecified atom stereocenters. The maximum Gasteiger partial charge on any atom is 0.339 e. The van der Waals surface area contributed by atoms with Crippen molar-refractivity contribution in [3.63, 3.8) is 0 Å². The van der Waals surface area contributed by atoms with Gasteiger partial charge in [-0.2, -0.15) is 8.42 Å². The van der Waals surface area contributed by atoms with Crippen LogP contribution >= 0.6 is 58.0 Å². The molecule has 15 heteroatoms. The standard InChI is InChI=1S/C35H39Cl5N4O5S/c1-2-3-4-5-6-7-8-9-10-11-12-13-31(45)41-25-16-19-27(38)30(22-25)42-34-33(49-50(47,48)26-17-14-23(36)15-18-26)35(46)44(43-34)32-28(39)20-24(37)21-29(32)40/h14-22,42-43H,2-13H2,1H3,(H,41,45). The molecule has 0 radical (unpaired) electrons. The second-order valence-electron chi connectivity index (χ2n) is 11.8. The number of benzene rings is 3. The smallest absolute Gasteiger partial charge is 0.339 e. The monoisotopic (exact) mass is 802 g/mol. The van der Waals surface area contributed by atoms with Crippen LogP contribution in [0.15, 0.2) is 64.3 Å². The Morgan fingerprint density at radius 1 is 0.760 bits per heavy atom. The molecule has 50 heavy (non-hydrogen) atoms. The molecule has 0 atom stereocenters. The minimum Gasteiger partial charge on any atom is -0.369 e. The van der Waals surface area contributed by atoms with E-state index >= 15 is 0 Å². The fourth-order valence-corrected chi connectivity index (χ4v) is 7.47. The zero-order chi connectivity index (χ0) is 36.3. The molecule has 4 rings (SSSR count). The maximum atomic E-state index is 13.7. The Hall–Kier alpha value is -2.86. The molecule has 9 nitrogen and oxygen atoms in total. The van der Waals surface area contributed by atoms with Gasteiger partial charge in [-0.15, -0.1) is 0 Å². The van der Waals surface area contributed by atoms with Crippen LogP contribution < -0.4 is 20.4 Å². The fourth-order valence-electron chi connectivity index (χ4n) is 5.26. The zero-order valence-electron chi connectivity index (χ0n) is 27.5. The van der Waals surface area contributed by atoms with E-state index in [-0.39, 0.29) is 48.1 Å². The Morgan fingerprint density at radius 2 is 1.34 bits per heavy atom. The lowest BCUT2D eigenvalue weighted by Gasteiger charge is -2.12. The van der Waals surface area contributed by atoms with Gasteiger partial charge in [0.05, 0.1) is 20.8 Å². The van der Waals surface area contributed by atoms with E-state index < -0.39 is 21.4 Å². The topological polar surface area (TPSA) is 122 Å². The van der Waals surface area contributed by atoms with Crippen molar-refractivity contribution >= 4 is 91.2 Å². The molecule has 270 valence electrons. The zero-order valence-corrected chi connectivity index (χ0v) is 32.1. The van der Waals surface area contributed by atoms with Crippen LogP contribution in [0.1, 0.15) is 84.0 Å². The van der Waals surface area contributed by atoms with Gasteiger partial charge in [0.25, 0.3) is 5.75 Å². The minimum atomic E-state index is -4.53. The first-order chi connectivity index (χ1) is 23.9. The van der Waals surface area contributed by atoms with Gasteiger partial charge in [-0.3, -0.25) is 14.7 Å². The van der Waals surface area contributed by atoms with E-state index in [4.69, 9.17) is 62.2 Å². The van der Waals surface area contributed by atoms with E-state index in [0.29, 0.717) is 17.1 Å². The van der Waals surface area contributed by atoms with Gasteiger partial charge in [0.15, 0.2) is 5.82 Å². The molecule has 1 amide bonds. The number of amides is 1. The SMILES string of the molecule is CCCCCCCCCCCCCC(=O)Nc1ccc(Cl)c(Nc2[nH]n(-c3c(Cl)cc(Cl)cc3Cl)c(=O)c2OS(=O)(=O)c2ccc(Cl)cc2)c1. The van der Waals surface area contributed by atoms with Crippen molar-refractivity contribution in [1.82, 2.24) is 9.78 Å². The molecule has 0 fully saturated rings. The van der Waals surface area contributed by atoms with Crippen molar-refractivity contribution in [3.8, 4) is 11.4 Å². The molecule has 0 aliphatic rings. The lowest BCUT2D eigenvalue weighted by atomic mass is 10.1. The van der Waals surface area contributed by atoms with E-state index in [2.05, 4.69) is 22.7 Å². The maximum absolute atomic E-state index is 13.7. The van der Waals surface area contributed by atoms with Gasteiger partial charge in [-0.25, -0.2) is 4.68 Å². The van der Waals surface area contributed by atoms with Crippen LogP contribution in [-0.2, 0) is 14.9 Å². The second-order valence-corrected chi connectivity index (χ2v) is 15.5. The molecule has 1 aromatic heterocycles. The van der Waals surface area contributed by atoms with E-state index in [0.717, 1.165) is 23.9 Å². The summed E-state index contributed by atoms with van der Waals surface area (Å²) in [6, 6.07) is 12.7. The van der Waals surface area contributed by atoms with Gasteiger partial charge < -0.3 is 14.8 Å². The van der Waals surface area contributed by atoms with E-state index in [9.17, 15) is 18.0 Å². The van der Waals surface area contributed by atoms with Crippen molar-refractivity contribution in [2.75, 3.05) is 10.6 Å². The molecular weight excluding hydrogens is 766 g/mol. The van der Waals surface area contributed by atoms with Crippen LogP contribution in [0.2, 0.25) is 25.1 Å². The summed E-state index contributed by atoms with van der Waals surface area (Å²) in [7, 11) is -4.53. The number of hydrogen-bond acceptors (Lipinski definition) is 6. The van der Waals surface area contributed by atoms with Crippen molar-refractivity contribution in [3.05, 3.63) is 90.1 Å². The highest BCUT2D eigenvalue weighted by atomic mass is 35.5. The van der Waals surface area contributed by atoms with Gasteiger partial charge in [-0.1, -0.05) is 129 Å². The molecular formula is C35H39Cl5N4O5S. The molecule has 0 bridgehead atoms. The Kier molecular flexibility index (Phi) is 15.3. The highest BCUT2D eigenvalue weighted by Crippen LogP contribution is 2.36. The third kappa shape index (κ3) is 11.3. The molecule has 0 aliphatic heterocycles. The normalized spacial score (nSPS) is 11.5. The number of carbonyl (C=O) groups is 1. The van der Waals surface area contributed by atoms with E-state index in [1.54, 1.807) is 18.2 Å². The minimum absolute atomic E-state index is 0.000885. The molecule has 0 aliphatic carbocycles. The molecule has 1 heterocycles. The lowest BCUT2D eigenvalue weighted by Crippen LogP contribution is -2.19. The Labute approximate surface area is 317 Å². The lowest BCUT2D eigenvalue weighted by molar-refractivity contribution is -0.116. The number of rotatable bonds is 19. The van der Waals surface area contributed by atoms with E-state index in [1.165, 1.54) is 87.8 Å². The van der Waals surface area contributed by atoms with Gasteiger partial charge in [0, 0.05) is 22.2 Å². The molecule has 4 aromatic rings. The molecule has 3 N–H and O–H groups in total. The van der Waals surface area contributed by atoms with Gasteiger partial charge >= 0.3 is 15.7 Å². The number of H-pyrrole nitrogens is 1. The van der Waals surface area contributed by atoms with Crippen molar-refractivity contribution in [1.29, 1.82) is 0 Å². The fraction of sp³-hybridized carbons (Fsp3) is 0.371. The third-order valence-electron chi connectivity index (χ3n) is 7.87. The number of carbonyl (C=O) groups excluding carboxylic acids is 1. The van der Waals surface area contributed by atoms with Crippen LogP contribution in [0.25, 0.3) is 5.69 Å². The number of anilines is 3. The summed E-state index contributed by atoms with van der Waals surface area (Å²) in [4.78, 5) is 26.2. The van der Waals surface area contributed by atoms with Crippen LogP contribution in [0, 0.1) is 0 Å². The quantitative estimate of drug-likeness (QED) is 0.0641. The van der Waals surface area contributed by atoms with Gasteiger partial charge in [0.2, 0.25) is 5.91 Å². The predicted molar refractivity (Wildman–Crippen MR) is 205 cm³/mol. The van der Waals surface area contributed by atoms with Crippen LogP contribution in [0.3, 0.4) is 0 Å².